The van der Waals surface area contributed by atoms with Crippen molar-refractivity contribution in [3.05, 3.63) is 93.6 Å². The third kappa shape index (κ3) is 4.56. The van der Waals surface area contributed by atoms with Crippen molar-refractivity contribution < 1.29 is 13.9 Å². The Hall–Kier alpha value is -2.67. The first-order valence-electron chi connectivity index (χ1n) is 10.5. The van der Waals surface area contributed by atoms with Gasteiger partial charge in [-0.15, -0.1) is 23.1 Å². The number of rotatable bonds is 4. The van der Waals surface area contributed by atoms with E-state index in [2.05, 4.69) is 0 Å². The van der Waals surface area contributed by atoms with E-state index in [1.54, 1.807) is 18.7 Å². The van der Waals surface area contributed by atoms with Crippen LogP contribution in [0.1, 0.15) is 39.4 Å². The Morgan fingerprint density at radius 3 is 2.61 bits per heavy atom. The molecule has 5 rings (SSSR count). The summed E-state index contributed by atoms with van der Waals surface area (Å²) in [5, 5.41) is 1.68. The van der Waals surface area contributed by atoms with E-state index in [0.717, 1.165) is 37.5 Å². The van der Waals surface area contributed by atoms with Crippen molar-refractivity contribution in [2.24, 2.45) is 4.99 Å². The Labute approximate surface area is 204 Å². The third-order valence-corrected chi connectivity index (χ3v) is 8.14. The van der Waals surface area contributed by atoms with Crippen molar-refractivity contribution in [3.63, 3.8) is 0 Å². The van der Waals surface area contributed by atoms with Gasteiger partial charge in [-0.1, -0.05) is 35.9 Å². The number of ether oxygens (including phenoxy) is 1. The van der Waals surface area contributed by atoms with E-state index in [1.807, 2.05) is 54.6 Å². The van der Waals surface area contributed by atoms with Gasteiger partial charge in [0.1, 0.15) is 10.7 Å². The molecule has 0 amide bonds. The highest BCUT2D eigenvalue weighted by Crippen LogP contribution is 2.49. The molecule has 1 aliphatic rings. The van der Waals surface area contributed by atoms with Crippen molar-refractivity contribution in [3.8, 4) is 0 Å². The molecule has 4 aromatic rings. The summed E-state index contributed by atoms with van der Waals surface area (Å²) in [6, 6.07) is 20.2. The van der Waals surface area contributed by atoms with Crippen molar-refractivity contribution in [2.75, 3.05) is 6.61 Å². The molecule has 0 bridgehead atoms. The maximum Gasteiger partial charge on any atom is 0.348 e. The molecule has 0 radical (unpaired) electrons. The van der Waals surface area contributed by atoms with Gasteiger partial charge >= 0.3 is 5.97 Å². The van der Waals surface area contributed by atoms with Crippen LogP contribution in [0.25, 0.3) is 10.1 Å². The molecule has 1 unspecified atom stereocenters. The van der Waals surface area contributed by atoms with E-state index in [-0.39, 0.29) is 17.0 Å². The topological polar surface area (TPSA) is 38.7 Å². The molecule has 0 spiro atoms. The average molecular weight is 496 g/mol. The highest BCUT2D eigenvalue weighted by atomic mass is 35.5. The van der Waals surface area contributed by atoms with Crippen LogP contribution < -0.4 is 0 Å². The molecule has 1 aromatic heterocycles. The number of esters is 1. The Morgan fingerprint density at radius 2 is 1.88 bits per heavy atom. The predicted molar refractivity (Wildman–Crippen MR) is 135 cm³/mol. The Balaban J connectivity index is 1.66. The summed E-state index contributed by atoms with van der Waals surface area (Å²) >= 11 is 9.22. The number of carbonyl (C=O) groups excluding carboxylic acids is 1. The number of aliphatic imine (C=N–C) groups is 1. The molecule has 1 aliphatic heterocycles. The maximum absolute atomic E-state index is 13.6. The second kappa shape index (κ2) is 9.29. The fourth-order valence-electron chi connectivity index (χ4n) is 3.83. The lowest BCUT2D eigenvalue weighted by molar-refractivity contribution is 0.0532. The molecule has 0 aliphatic carbocycles. The lowest BCUT2D eigenvalue weighted by atomic mass is 10.0. The predicted octanol–water partition coefficient (Wildman–Crippen LogP) is 8.23. The van der Waals surface area contributed by atoms with E-state index in [4.69, 9.17) is 21.3 Å². The molecule has 0 fully saturated rings. The highest BCUT2D eigenvalue weighted by Gasteiger charge is 2.25. The number of nitrogens with zero attached hydrogens (tertiary/aromatic N) is 1. The van der Waals surface area contributed by atoms with Gasteiger partial charge in [0.2, 0.25) is 0 Å². The first-order chi connectivity index (χ1) is 16.0. The molecule has 33 heavy (non-hydrogen) atoms. The summed E-state index contributed by atoms with van der Waals surface area (Å²) in [6.45, 7) is 2.13. The molecule has 0 saturated heterocycles. The first-order valence-corrected chi connectivity index (χ1v) is 12.6. The smallest absolute Gasteiger partial charge is 0.348 e. The zero-order valence-electron chi connectivity index (χ0n) is 17.7. The van der Waals surface area contributed by atoms with Crippen molar-refractivity contribution >= 4 is 62.2 Å². The second-order valence-corrected chi connectivity index (χ2v) is 10.3. The molecule has 2 heterocycles. The average Bonchev–Trinajstić information content (AvgIpc) is 3.16. The summed E-state index contributed by atoms with van der Waals surface area (Å²) in [6.07, 6.45) is 0.670. The van der Waals surface area contributed by atoms with Gasteiger partial charge < -0.3 is 4.74 Å². The highest BCUT2D eigenvalue weighted by molar-refractivity contribution is 8.00. The monoisotopic (exact) mass is 495 g/mol. The van der Waals surface area contributed by atoms with Gasteiger partial charge in [-0.25, -0.2) is 9.18 Å². The second-order valence-electron chi connectivity index (χ2n) is 7.58. The van der Waals surface area contributed by atoms with Crippen LogP contribution in [0.5, 0.6) is 0 Å². The number of carbonyl (C=O) groups is 1. The minimum Gasteiger partial charge on any atom is -0.462 e. The Bertz CT molecular complexity index is 1360. The fourth-order valence-corrected chi connectivity index (χ4v) is 6.33. The zero-order valence-corrected chi connectivity index (χ0v) is 20.1. The SMILES string of the molecule is CCOC(=O)c1cc2c3c(ccc2s1)N=C(c1ccc(Cl)cc1)CC(c1ccc(F)cc1)S3. The van der Waals surface area contributed by atoms with Crippen LogP contribution in [-0.4, -0.2) is 18.3 Å². The zero-order chi connectivity index (χ0) is 22.9. The minimum absolute atomic E-state index is 0.0258. The van der Waals surface area contributed by atoms with E-state index in [0.29, 0.717) is 22.9 Å². The normalized spacial score (nSPS) is 15.6. The van der Waals surface area contributed by atoms with Gasteiger partial charge in [-0.2, -0.15) is 0 Å². The van der Waals surface area contributed by atoms with Crippen molar-refractivity contribution in [2.45, 2.75) is 23.5 Å². The maximum atomic E-state index is 13.6. The molecule has 0 N–H and O–H groups in total. The van der Waals surface area contributed by atoms with Crippen molar-refractivity contribution in [1.82, 2.24) is 0 Å². The number of halogens is 2. The number of hydrogen-bond acceptors (Lipinski definition) is 5. The van der Waals surface area contributed by atoms with E-state index in [1.165, 1.54) is 23.5 Å². The largest absolute Gasteiger partial charge is 0.462 e. The van der Waals surface area contributed by atoms with Gasteiger partial charge in [0.05, 0.1) is 12.3 Å². The molecular weight excluding hydrogens is 477 g/mol. The lowest BCUT2D eigenvalue weighted by Gasteiger charge is -2.16. The number of thioether (sulfide) groups is 1. The molecule has 1 atom stereocenters. The van der Waals surface area contributed by atoms with E-state index < -0.39 is 0 Å². The summed E-state index contributed by atoms with van der Waals surface area (Å²) < 4.78 is 19.8. The Morgan fingerprint density at radius 1 is 1.12 bits per heavy atom. The van der Waals surface area contributed by atoms with Crippen molar-refractivity contribution in [1.29, 1.82) is 0 Å². The van der Waals surface area contributed by atoms with Gasteiger partial charge in [0, 0.05) is 37.4 Å². The summed E-state index contributed by atoms with van der Waals surface area (Å²) in [5.74, 6) is -0.574. The van der Waals surface area contributed by atoms with Crippen LogP contribution in [0.4, 0.5) is 10.1 Å². The molecule has 3 aromatic carbocycles. The summed E-state index contributed by atoms with van der Waals surface area (Å²) in [7, 11) is 0. The Kier molecular flexibility index (Phi) is 6.23. The van der Waals surface area contributed by atoms with Gasteiger partial charge in [-0.05, 0) is 60.5 Å². The number of benzene rings is 3. The van der Waals surface area contributed by atoms with Crippen LogP contribution in [0.2, 0.25) is 5.02 Å². The molecular formula is C26H19ClFNO2S2. The minimum atomic E-state index is -0.313. The molecule has 3 nitrogen and oxygen atoms in total. The quantitative estimate of drug-likeness (QED) is 0.267. The van der Waals surface area contributed by atoms with E-state index >= 15 is 0 Å². The molecule has 0 saturated carbocycles. The van der Waals surface area contributed by atoms with Gasteiger partial charge in [0.25, 0.3) is 0 Å². The van der Waals surface area contributed by atoms with Crippen LogP contribution in [0.15, 0.2) is 76.6 Å². The van der Waals surface area contributed by atoms with Gasteiger partial charge in [0.15, 0.2) is 0 Å². The summed E-state index contributed by atoms with van der Waals surface area (Å²) in [4.78, 5) is 19.0. The number of hydrogen-bond donors (Lipinski definition) is 0. The number of fused-ring (bicyclic) bond motifs is 3. The molecule has 7 heteroatoms. The van der Waals surface area contributed by atoms with Crippen LogP contribution in [0, 0.1) is 5.82 Å². The van der Waals surface area contributed by atoms with E-state index in [9.17, 15) is 9.18 Å². The standard InChI is InChI=1S/C26H19ClFNO2S2/c1-2-31-26(30)24-13-19-22(32-24)12-11-20-25(19)33-23(16-5-9-18(28)10-6-16)14-21(29-20)15-3-7-17(27)8-4-15/h3-13,23H,2,14H2,1H3. The first kappa shape index (κ1) is 22.1. The van der Waals surface area contributed by atoms with Crippen LogP contribution in [0.3, 0.4) is 0 Å². The molecule has 166 valence electrons. The third-order valence-electron chi connectivity index (χ3n) is 5.42. The van der Waals surface area contributed by atoms with Crippen LogP contribution in [-0.2, 0) is 4.74 Å². The lowest BCUT2D eigenvalue weighted by Crippen LogP contribution is -2.05. The summed E-state index contributed by atoms with van der Waals surface area (Å²) in [5.41, 5.74) is 3.81. The van der Waals surface area contributed by atoms with Gasteiger partial charge in [-0.3, -0.25) is 4.99 Å². The van der Waals surface area contributed by atoms with Crippen LogP contribution >= 0.6 is 34.7 Å². The number of thiophene rings is 1. The fraction of sp³-hybridized carbons (Fsp3) is 0.154.